The van der Waals surface area contributed by atoms with Crippen LogP contribution in [-0.4, -0.2) is 31.1 Å². The van der Waals surface area contributed by atoms with E-state index in [0.29, 0.717) is 6.04 Å². The molecule has 58 valence electrons. The summed E-state index contributed by atoms with van der Waals surface area (Å²) in [4.78, 5) is 2.29. The molecule has 0 aromatic heterocycles. The van der Waals surface area contributed by atoms with Crippen LogP contribution in [0.2, 0.25) is 0 Å². The van der Waals surface area contributed by atoms with E-state index in [9.17, 15) is 0 Å². The third-order valence-electron chi connectivity index (χ3n) is 1.75. The van der Waals surface area contributed by atoms with Crippen LogP contribution in [0.1, 0.15) is 13.3 Å². The van der Waals surface area contributed by atoms with Crippen LogP contribution in [0.4, 0.5) is 0 Å². The zero-order valence-electron chi connectivity index (χ0n) is 6.80. The van der Waals surface area contributed by atoms with Gasteiger partial charge in [0, 0.05) is 19.1 Å². The van der Waals surface area contributed by atoms with E-state index in [0.717, 1.165) is 19.5 Å². The van der Waals surface area contributed by atoms with Crippen LogP contribution < -0.4 is 5.73 Å². The van der Waals surface area contributed by atoms with Crippen molar-refractivity contribution in [3.8, 4) is 0 Å². The van der Waals surface area contributed by atoms with Gasteiger partial charge in [-0.25, -0.2) is 0 Å². The second kappa shape index (κ2) is 3.17. The Labute approximate surface area is 62.7 Å². The first-order chi connectivity index (χ1) is 4.68. The lowest BCUT2D eigenvalue weighted by atomic mass is 10.1. The molecular weight excluding hydrogens is 124 g/mol. The summed E-state index contributed by atoms with van der Waals surface area (Å²) in [5.74, 6) is 0. The average Bonchev–Trinajstić information content (AvgIpc) is 2.13. The molecule has 0 aromatic carbocycles. The molecule has 0 bridgehead atoms. The van der Waals surface area contributed by atoms with Gasteiger partial charge in [-0.05, 0) is 20.4 Å². The van der Waals surface area contributed by atoms with Gasteiger partial charge in [0.2, 0.25) is 0 Å². The van der Waals surface area contributed by atoms with Crippen molar-refractivity contribution >= 4 is 0 Å². The summed E-state index contributed by atoms with van der Waals surface area (Å²) in [5.41, 5.74) is 7.16. The third kappa shape index (κ3) is 2.12. The van der Waals surface area contributed by atoms with Crippen LogP contribution >= 0.6 is 0 Å². The van der Waals surface area contributed by atoms with Crippen molar-refractivity contribution in [1.82, 2.24) is 4.90 Å². The van der Waals surface area contributed by atoms with Crippen molar-refractivity contribution in [1.29, 1.82) is 0 Å². The topological polar surface area (TPSA) is 29.3 Å². The van der Waals surface area contributed by atoms with Gasteiger partial charge in [0.1, 0.15) is 0 Å². The fourth-order valence-electron chi connectivity index (χ4n) is 1.32. The zero-order chi connectivity index (χ0) is 7.56. The highest BCUT2D eigenvalue weighted by Gasteiger charge is 2.10. The molecule has 1 atom stereocenters. The van der Waals surface area contributed by atoms with Gasteiger partial charge in [0.25, 0.3) is 0 Å². The second-order valence-electron chi connectivity index (χ2n) is 3.24. The molecule has 0 radical (unpaired) electrons. The summed E-state index contributed by atoms with van der Waals surface area (Å²) in [6.45, 7) is 4.27. The minimum absolute atomic E-state index is 0.317. The van der Waals surface area contributed by atoms with Crippen molar-refractivity contribution in [3.05, 3.63) is 11.6 Å². The molecule has 0 fully saturated rings. The predicted octanol–water partition coefficient (Wildman–Crippen LogP) is 0.595. The number of nitrogens with two attached hydrogens (primary N) is 1. The van der Waals surface area contributed by atoms with Crippen LogP contribution in [0.3, 0.4) is 0 Å². The Bertz CT molecular complexity index is 138. The number of nitrogens with zero attached hydrogens (tertiary/aromatic N) is 1. The number of hydrogen-bond donors (Lipinski definition) is 1. The Morgan fingerprint density at radius 2 is 2.50 bits per heavy atom. The SMILES string of the molecule is CC(N)CC1=CCN(C)C1. The van der Waals surface area contributed by atoms with Crippen LogP contribution in [0, 0.1) is 0 Å². The van der Waals surface area contributed by atoms with Gasteiger partial charge in [-0.1, -0.05) is 11.6 Å². The fraction of sp³-hybridized carbons (Fsp3) is 0.750. The van der Waals surface area contributed by atoms with Crippen LogP contribution in [0.25, 0.3) is 0 Å². The van der Waals surface area contributed by atoms with Gasteiger partial charge in [0.15, 0.2) is 0 Å². The second-order valence-corrected chi connectivity index (χ2v) is 3.24. The number of rotatable bonds is 2. The van der Waals surface area contributed by atoms with E-state index in [4.69, 9.17) is 5.73 Å². The van der Waals surface area contributed by atoms with E-state index in [1.165, 1.54) is 5.57 Å². The minimum atomic E-state index is 0.317. The standard InChI is InChI=1S/C8H16N2/c1-7(9)5-8-3-4-10(2)6-8/h3,7H,4-6,9H2,1-2H3. The normalized spacial score (nSPS) is 22.9. The molecule has 1 aliphatic heterocycles. The summed E-state index contributed by atoms with van der Waals surface area (Å²) in [7, 11) is 2.13. The molecule has 2 nitrogen and oxygen atoms in total. The quantitative estimate of drug-likeness (QED) is 0.569. The van der Waals surface area contributed by atoms with Gasteiger partial charge in [-0.2, -0.15) is 0 Å². The van der Waals surface area contributed by atoms with E-state index in [1.807, 2.05) is 0 Å². The highest BCUT2D eigenvalue weighted by Crippen LogP contribution is 2.11. The minimum Gasteiger partial charge on any atom is -0.328 e. The fourth-order valence-corrected chi connectivity index (χ4v) is 1.32. The summed E-state index contributed by atoms with van der Waals surface area (Å²) in [5, 5.41) is 0. The van der Waals surface area contributed by atoms with Crippen molar-refractivity contribution < 1.29 is 0 Å². The third-order valence-corrected chi connectivity index (χ3v) is 1.75. The van der Waals surface area contributed by atoms with Crippen molar-refractivity contribution in [3.63, 3.8) is 0 Å². The van der Waals surface area contributed by atoms with Gasteiger partial charge in [-0.15, -0.1) is 0 Å². The molecule has 1 aliphatic rings. The lowest BCUT2D eigenvalue weighted by molar-refractivity contribution is 0.424. The molecule has 2 heteroatoms. The van der Waals surface area contributed by atoms with E-state index in [1.54, 1.807) is 0 Å². The van der Waals surface area contributed by atoms with E-state index >= 15 is 0 Å². The van der Waals surface area contributed by atoms with Gasteiger partial charge in [-0.3, -0.25) is 4.90 Å². The highest BCUT2D eigenvalue weighted by molar-refractivity contribution is 5.12. The Kier molecular flexibility index (Phi) is 2.46. The summed E-state index contributed by atoms with van der Waals surface area (Å²) < 4.78 is 0. The molecule has 0 amide bonds. The molecule has 0 spiro atoms. The molecule has 10 heavy (non-hydrogen) atoms. The lowest BCUT2D eigenvalue weighted by Crippen LogP contribution is -2.19. The first-order valence-corrected chi connectivity index (χ1v) is 3.80. The molecule has 2 N–H and O–H groups in total. The van der Waals surface area contributed by atoms with Gasteiger partial charge >= 0.3 is 0 Å². The molecule has 0 saturated heterocycles. The van der Waals surface area contributed by atoms with Gasteiger partial charge in [0.05, 0.1) is 0 Å². The van der Waals surface area contributed by atoms with Crippen LogP contribution in [0.15, 0.2) is 11.6 Å². The average molecular weight is 140 g/mol. The van der Waals surface area contributed by atoms with Crippen molar-refractivity contribution in [2.75, 3.05) is 20.1 Å². The Morgan fingerprint density at radius 3 is 2.90 bits per heavy atom. The smallest absolute Gasteiger partial charge is 0.0194 e. The largest absolute Gasteiger partial charge is 0.328 e. The molecule has 0 aromatic rings. The molecule has 1 heterocycles. The monoisotopic (exact) mass is 140 g/mol. The Morgan fingerprint density at radius 1 is 1.80 bits per heavy atom. The summed E-state index contributed by atoms with van der Waals surface area (Å²) in [6.07, 6.45) is 3.34. The van der Waals surface area contributed by atoms with Crippen LogP contribution in [0.5, 0.6) is 0 Å². The number of hydrogen-bond acceptors (Lipinski definition) is 2. The van der Waals surface area contributed by atoms with Crippen LogP contribution in [-0.2, 0) is 0 Å². The molecule has 0 aliphatic carbocycles. The molecule has 0 saturated carbocycles. The maximum atomic E-state index is 5.66. The maximum absolute atomic E-state index is 5.66. The van der Waals surface area contributed by atoms with Crippen molar-refractivity contribution in [2.45, 2.75) is 19.4 Å². The predicted molar refractivity (Wildman–Crippen MR) is 43.8 cm³/mol. The summed E-state index contributed by atoms with van der Waals surface area (Å²) >= 11 is 0. The first kappa shape index (κ1) is 7.76. The van der Waals surface area contributed by atoms with Crippen molar-refractivity contribution in [2.24, 2.45) is 5.73 Å². The first-order valence-electron chi connectivity index (χ1n) is 3.80. The van der Waals surface area contributed by atoms with E-state index < -0.39 is 0 Å². The maximum Gasteiger partial charge on any atom is 0.0194 e. The van der Waals surface area contributed by atoms with Gasteiger partial charge < -0.3 is 5.73 Å². The van der Waals surface area contributed by atoms with E-state index in [2.05, 4.69) is 24.9 Å². The Hall–Kier alpha value is -0.340. The van der Waals surface area contributed by atoms with E-state index in [-0.39, 0.29) is 0 Å². The number of likely N-dealkylation sites (N-methyl/N-ethyl adjacent to an activating group) is 1. The Balaban J connectivity index is 2.30. The molecule has 1 rings (SSSR count). The summed E-state index contributed by atoms with van der Waals surface area (Å²) in [6, 6.07) is 0.317. The lowest BCUT2D eigenvalue weighted by Gasteiger charge is -2.08. The molecular formula is C8H16N2. The zero-order valence-corrected chi connectivity index (χ0v) is 6.80. The highest BCUT2D eigenvalue weighted by atomic mass is 15.1. The molecule has 1 unspecified atom stereocenters.